The summed E-state index contributed by atoms with van der Waals surface area (Å²) in [5.74, 6) is 1.78. The highest BCUT2D eigenvalue weighted by Crippen LogP contribution is 2.16. The number of quaternary nitrogens is 1. The number of rotatable bonds is 5. The fourth-order valence-electron chi connectivity index (χ4n) is 2.90. The average molecular weight is 327 g/mol. The van der Waals surface area contributed by atoms with Crippen molar-refractivity contribution in [1.82, 2.24) is 4.98 Å². The second-order valence-corrected chi connectivity index (χ2v) is 5.88. The Bertz CT molecular complexity index is 670. The van der Waals surface area contributed by atoms with Gasteiger partial charge in [0.15, 0.2) is 6.54 Å². The van der Waals surface area contributed by atoms with Crippen LogP contribution in [0.25, 0.3) is 0 Å². The number of carbonyl (C=O) groups is 1. The van der Waals surface area contributed by atoms with Gasteiger partial charge in [-0.25, -0.2) is 4.98 Å². The second kappa shape index (κ2) is 7.79. The highest BCUT2D eigenvalue weighted by atomic mass is 16.5. The van der Waals surface area contributed by atoms with Crippen molar-refractivity contribution in [3.63, 3.8) is 0 Å². The topological polar surface area (TPSA) is 58.9 Å². The Hall–Kier alpha value is -2.60. The number of hydrogen-bond donors (Lipinski definition) is 2. The van der Waals surface area contributed by atoms with E-state index in [2.05, 4.69) is 15.2 Å². The zero-order valence-electron chi connectivity index (χ0n) is 13.9. The van der Waals surface area contributed by atoms with Gasteiger partial charge in [0, 0.05) is 18.0 Å². The molecule has 0 radical (unpaired) electrons. The number of pyridine rings is 1. The quantitative estimate of drug-likeness (QED) is 0.836. The molecule has 0 spiro atoms. The molecule has 6 nitrogen and oxygen atoms in total. The summed E-state index contributed by atoms with van der Waals surface area (Å²) >= 11 is 0. The van der Waals surface area contributed by atoms with E-state index >= 15 is 0 Å². The van der Waals surface area contributed by atoms with Crippen LogP contribution in [0.15, 0.2) is 48.7 Å². The lowest BCUT2D eigenvalue weighted by Gasteiger charge is -2.32. The molecule has 1 aliphatic rings. The van der Waals surface area contributed by atoms with Crippen molar-refractivity contribution in [3.05, 3.63) is 48.7 Å². The fourth-order valence-corrected chi connectivity index (χ4v) is 2.90. The number of nitrogens with one attached hydrogen (secondary N) is 2. The van der Waals surface area contributed by atoms with E-state index in [-0.39, 0.29) is 5.91 Å². The zero-order valence-corrected chi connectivity index (χ0v) is 13.9. The van der Waals surface area contributed by atoms with Crippen LogP contribution in [0.2, 0.25) is 0 Å². The number of aromatic nitrogens is 1. The Morgan fingerprint density at radius 3 is 2.79 bits per heavy atom. The summed E-state index contributed by atoms with van der Waals surface area (Å²) < 4.78 is 5.17. The maximum absolute atomic E-state index is 12.2. The number of piperazine rings is 1. The van der Waals surface area contributed by atoms with Crippen molar-refractivity contribution < 1.29 is 14.4 Å². The van der Waals surface area contributed by atoms with Gasteiger partial charge in [-0.3, -0.25) is 4.79 Å². The summed E-state index contributed by atoms with van der Waals surface area (Å²) in [5.41, 5.74) is 0.769. The van der Waals surface area contributed by atoms with Crippen molar-refractivity contribution in [2.24, 2.45) is 0 Å². The van der Waals surface area contributed by atoms with Crippen molar-refractivity contribution in [2.45, 2.75) is 0 Å². The Balaban J connectivity index is 1.48. The smallest absolute Gasteiger partial charge is 0.279 e. The third-order valence-corrected chi connectivity index (χ3v) is 4.21. The van der Waals surface area contributed by atoms with E-state index in [1.54, 1.807) is 7.11 Å². The molecule has 24 heavy (non-hydrogen) atoms. The molecule has 2 heterocycles. The van der Waals surface area contributed by atoms with E-state index in [0.717, 1.165) is 43.4 Å². The molecular weight excluding hydrogens is 304 g/mol. The van der Waals surface area contributed by atoms with E-state index in [0.29, 0.717) is 6.54 Å². The minimum Gasteiger partial charge on any atom is -0.497 e. The third kappa shape index (κ3) is 4.23. The molecule has 0 bridgehead atoms. The number of nitrogens with zero attached hydrogens (tertiary/aromatic N) is 2. The first-order chi connectivity index (χ1) is 11.7. The summed E-state index contributed by atoms with van der Waals surface area (Å²) in [4.78, 5) is 20.2. The summed E-state index contributed by atoms with van der Waals surface area (Å²) in [6.07, 6.45) is 1.82. The SMILES string of the molecule is COc1cccc(NC(=O)C[NH+]2CCN(c3ccccn3)CC2)c1. The number of methoxy groups -OCH3 is 1. The van der Waals surface area contributed by atoms with Gasteiger partial charge in [0.05, 0.1) is 33.3 Å². The molecular formula is C18H23N4O2+. The van der Waals surface area contributed by atoms with Gasteiger partial charge in [-0.2, -0.15) is 0 Å². The minimum absolute atomic E-state index is 0.0320. The predicted molar refractivity (Wildman–Crippen MR) is 93.6 cm³/mol. The number of amides is 1. The molecule has 0 saturated carbocycles. The average Bonchev–Trinajstić information content (AvgIpc) is 2.63. The molecule has 2 aromatic rings. The van der Waals surface area contributed by atoms with Gasteiger partial charge in [0.25, 0.3) is 5.91 Å². The lowest BCUT2D eigenvalue weighted by atomic mass is 10.2. The molecule has 126 valence electrons. The molecule has 1 aliphatic heterocycles. The number of anilines is 2. The third-order valence-electron chi connectivity index (χ3n) is 4.21. The molecule has 1 saturated heterocycles. The maximum Gasteiger partial charge on any atom is 0.279 e. The van der Waals surface area contributed by atoms with Crippen molar-refractivity contribution in [3.8, 4) is 5.75 Å². The van der Waals surface area contributed by atoms with Crippen molar-refractivity contribution >= 4 is 17.4 Å². The van der Waals surface area contributed by atoms with Gasteiger partial charge in [0.1, 0.15) is 11.6 Å². The van der Waals surface area contributed by atoms with Gasteiger partial charge >= 0.3 is 0 Å². The van der Waals surface area contributed by atoms with Crippen LogP contribution in [0.4, 0.5) is 11.5 Å². The normalized spacial score (nSPS) is 15.1. The first-order valence-corrected chi connectivity index (χ1v) is 8.18. The molecule has 1 amide bonds. The molecule has 1 aromatic carbocycles. The summed E-state index contributed by atoms with van der Waals surface area (Å²) in [5, 5.41) is 2.94. The van der Waals surface area contributed by atoms with Crippen LogP contribution in [0.3, 0.4) is 0 Å². The maximum atomic E-state index is 12.2. The van der Waals surface area contributed by atoms with Crippen LogP contribution in [0.5, 0.6) is 5.75 Å². The van der Waals surface area contributed by atoms with Crippen LogP contribution in [0.1, 0.15) is 0 Å². The van der Waals surface area contributed by atoms with Gasteiger partial charge in [-0.05, 0) is 24.3 Å². The molecule has 1 fully saturated rings. The lowest BCUT2D eigenvalue weighted by molar-refractivity contribution is -0.892. The number of benzene rings is 1. The minimum atomic E-state index is 0.0320. The number of hydrogen-bond acceptors (Lipinski definition) is 4. The van der Waals surface area contributed by atoms with Crippen molar-refractivity contribution in [2.75, 3.05) is 50.1 Å². The van der Waals surface area contributed by atoms with Gasteiger partial charge in [-0.15, -0.1) is 0 Å². The van der Waals surface area contributed by atoms with Gasteiger partial charge < -0.3 is 19.9 Å². The van der Waals surface area contributed by atoms with Gasteiger partial charge in [0.2, 0.25) is 0 Å². The van der Waals surface area contributed by atoms with Crippen LogP contribution in [-0.4, -0.2) is 50.7 Å². The Kier molecular flexibility index (Phi) is 5.28. The Morgan fingerprint density at radius 1 is 1.25 bits per heavy atom. The van der Waals surface area contributed by atoms with E-state index in [9.17, 15) is 4.79 Å². The van der Waals surface area contributed by atoms with Crippen LogP contribution < -0.4 is 19.9 Å². The Morgan fingerprint density at radius 2 is 2.08 bits per heavy atom. The van der Waals surface area contributed by atoms with E-state index in [1.807, 2.05) is 48.7 Å². The number of carbonyl (C=O) groups excluding carboxylic acids is 1. The lowest BCUT2D eigenvalue weighted by Crippen LogP contribution is -3.15. The largest absolute Gasteiger partial charge is 0.497 e. The molecule has 1 aromatic heterocycles. The van der Waals surface area contributed by atoms with E-state index in [4.69, 9.17) is 4.74 Å². The zero-order chi connectivity index (χ0) is 16.8. The fraction of sp³-hybridized carbons (Fsp3) is 0.333. The van der Waals surface area contributed by atoms with E-state index in [1.165, 1.54) is 4.90 Å². The monoisotopic (exact) mass is 327 g/mol. The molecule has 0 aliphatic carbocycles. The molecule has 0 atom stereocenters. The van der Waals surface area contributed by atoms with Gasteiger partial charge in [-0.1, -0.05) is 12.1 Å². The van der Waals surface area contributed by atoms with E-state index < -0.39 is 0 Å². The van der Waals surface area contributed by atoms with Crippen LogP contribution in [0, 0.1) is 0 Å². The first-order valence-electron chi connectivity index (χ1n) is 8.18. The molecule has 0 unspecified atom stereocenters. The highest BCUT2D eigenvalue weighted by Gasteiger charge is 2.22. The number of ether oxygens (including phenoxy) is 1. The highest BCUT2D eigenvalue weighted by molar-refractivity contribution is 5.91. The van der Waals surface area contributed by atoms with Crippen LogP contribution in [-0.2, 0) is 4.79 Å². The molecule has 3 rings (SSSR count). The summed E-state index contributed by atoms with van der Waals surface area (Å²) in [6, 6.07) is 13.4. The predicted octanol–water partition coefficient (Wildman–Crippen LogP) is 0.434. The molecule has 6 heteroatoms. The van der Waals surface area contributed by atoms with Crippen LogP contribution >= 0.6 is 0 Å². The van der Waals surface area contributed by atoms with Crippen molar-refractivity contribution in [1.29, 1.82) is 0 Å². The Labute approximate surface area is 142 Å². The first kappa shape index (κ1) is 16.3. The molecule has 2 N–H and O–H groups in total. The summed E-state index contributed by atoms with van der Waals surface area (Å²) in [7, 11) is 1.62. The second-order valence-electron chi connectivity index (χ2n) is 5.88. The summed E-state index contributed by atoms with van der Waals surface area (Å²) in [6.45, 7) is 4.18. The standard InChI is InChI=1S/C18H22N4O2/c1-24-16-6-4-5-15(13-16)20-18(23)14-21-9-11-22(12-10-21)17-7-2-3-8-19-17/h2-8,13H,9-12,14H2,1H3,(H,20,23)/p+1.